The van der Waals surface area contributed by atoms with Gasteiger partial charge in [0.05, 0.1) is 24.0 Å². The topological polar surface area (TPSA) is 75.7 Å². The third-order valence-corrected chi connectivity index (χ3v) is 4.33. The van der Waals surface area contributed by atoms with E-state index in [4.69, 9.17) is 4.74 Å². The molecule has 2 atom stereocenters. The summed E-state index contributed by atoms with van der Waals surface area (Å²) >= 11 is 0. The molecule has 0 saturated heterocycles. The van der Waals surface area contributed by atoms with Gasteiger partial charge >= 0.3 is 5.97 Å². The van der Waals surface area contributed by atoms with E-state index in [1.54, 1.807) is 43.1 Å². The van der Waals surface area contributed by atoms with Crippen molar-refractivity contribution in [1.29, 1.82) is 0 Å². The predicted octanol–water partition coefficient (Wildman–Crippen LogP) is 2.70. The minimum atomic E-state index is -0.386. The summed E-state index contributed by atoms with van der Waals surface area (Å²) < 4.78 is 4.92. The van der Waals surface area contributed by atoms with E-state index in [1.165, 1.54) is 0 Å². The molecule has 0 bridgehead atoms. The van der Waals surface area contributed by atoms with Gasteiger partial charge in [-0.1, -0.05) is 13.3 Å². The molecule has 0 aliphatic heterocycles. The standard InChI is InChI=1S/C19H26N2O4/c1-4-6-11-21(3)18(23)16-12-15(16)17(22)20-14-9-7-13(8-10-14)19(24)25-5-2/h7-10,15-16H,4-6,11-12H2,1-3H3,(H,20,22). The summed E-state index contributed by atoms with van der Waals surface area (Å²) in [5, 5.41) is 2.81. The first-order chi connectivity index (χ1) is 12.0. The van der Waals surface area contributed by atoms with E-state index in [-0.39, 0.29) is 29.6 Å². The van der Waals surface area contributed by atoms with Crippen LogP contribution in [0.4, 0.5) is 5.69 Å². The second-order valence-corrected chi connectivity index (χ2v) is 6.35. The van der Waals surface area contributed by atoms with E-state index in [0.717, 1.165) is 19.4 Å². The van der Waals surface area contributed by atoms with Gasteiger partial charge < -0.3 is 15.0 Å². The van der Waals surface area contributed by atoms with Gasteiger partial charge in [-0.2, -0.15) is 0 Å². The number of hydrogen-bond donors (Lipinski definition) is 1. The molecule has 1 N–H and O–H groups in total. The zero-order valence-electron chi connectivity index (χ0n) is 15.1. The van der Waals surface area contributed by atoms with E-state index < -0.39 is 0 Å². The van der Waals surface area contributed by atoms with Crippen LogP contribution < -0.4 is 5.32 Å². The van der Waals surface area contributed by atoms with Crippen molar-refractivity contribution in [2.45, 2.75) is 33.1 Å². The first-order valence-corrected chi connectivity index (χ1v) is 8.80. The number of anilines is 1. The number of hydrogen-bond acceptors (Lipinski definition) is 4. The summed E-state index contributed by atoms with van der Waals surface area (Å²) in [6.45, 7) is 4.88. The van der Waals surface area contributed by atoms with Crippen molar-refractivity contribution < 1.29 is 19.1 Å². The van der Waals surface area contributed by atoms with Crippen molar-refractivity contribution in [3.8, 4) is 0 Å². The lowest BCUT2D eigenvalue weighted by Crippen LogP contribution is -2.30. The van der Waals surface area contributed by atoms with E-state index in [1.807, 2.05) is 0 Å². The summed E-state index contributed by atoms with van der Waals surface area (Å²) in [6.07, 6.45) is 2.61. The number of carbonyl (C=O) groups excluding carboxylic acids is 3. The molecule has 1 fully saturated rings. The largest absolute Gasteiger partial charge is 0.462 e. The Morgan fingerprint density at radius 1 is 1.16 bits per heavy atom. The number of rotatable bonds is 8. The average Bonchev–Trinajstić information content (AvgIpc) is 3.40. The first-order valence-electron chi connectivity index (χ1n) is 8.80. The van der Waals surface area contributed by atoms with Crippen molar-refractivity contribution in [2.75, 3.05) is 25.5 Å². The number of nitrogens with one attached hydrogen (secondary N) is 1. The molecule has 1 aliphatic rings. The molecule has 6 nitrogen and oxygen atoms in total. The Kier molecular flexibility index (Phi) is 6.56. The van der Waals surface area contributed by atoms with Gasteiger partial charge in [0, 0.05) is 19.3 Å². The number of nitrogens with zero attached hydrogens (tertiary/aromatic N) is 1. The Balaban J connectivity index is 1.85. The Bertz CT molecular complexity index is 627. The Morgan fingerprint density at radius 2 is 1.84 bits per heavy atom. The molecule has 0 radical (unpaired) electrons. The van der Waals surface area contributed by atoms with E-state index in [0.29, 0.717) is 24.3 Å². The molecule has 0 heterocycles. The number of ether oxygens (including phenoxy) is 1. The first kappa shape index (κ1) is 19.0. The lowest BCUT2D eigenvalue weighted by Gasteiger charge is -2.16. The minimum absolute atomic E-state index is 0.0475. The second-order valence-electron chi connectivity index (χ2n) is 6.35. The third-order valence-electron chi connectivity index (χ3n) is 4.33. The lowest BCUT2D eigenvalue weighted by molar-refractivity contribution is -0.132. The monoisotopic (exact) mass is 346 g/mol. The molecule has 0 aromatic heterocycles. The summed E-state index contributed by atoms with van der Waals surface area (Å²) in [5.41, 5.74) is 1.05. The highest BCUT2D eigenvalue weighted by Crippen LogP contribution is 2.40. The molecule has 2 amide bonds. The fraction of sp³-hybridized carbons (Fsp3) is 0.526. The van der Waals surface area contributed by atoms with Gasteiger partial charge in [-0.3, -0.25) is 9.59 Å². The maximum absolute atomic E-state index is 12.3. The van der Waals surface area contributed by atoms with Crippen LogP contribution in [0.1, 0.15) is 43.5 Å². The molecule has 1 aromatic rings. The molecule has 2 rings (SSSR count). The molecule has 2 unspecified atom stereocenters. The summed E-state index contributed by atoms with van der Waals surface area (Å²) in [7, 11) is 1.79. The van der Waals surface area contributed by atoms with Crippen LogP contribution in [0.25, 0.3) is 0 Å². The normalized spacial score (nSPS) is 18.4. The molecule has 25 heavy (non-hydrogen) atoms. The van der Waals surface area contributed by atoms with Crippen molar-refractivity contribution in [2.24, 2.45) is 11.8 Å². The molecule has 1 saturated carbocycles. The van der Waals surface area contributed by atoms with Crippen LogP contribution in [0, 0.1) is 11.8 Å². The smallest absolute Gasteiger partial charge is 0.338 e. The molecule has 136 valence electrons. The quantitative estimate of drug-likeness (QED) is 0.734. The SMILES string of the molecule is CCCCN(C)C(=O)C1CC1C(=O)Nc1ccc(C(=O)OCC)cc1. The third kappa shape index (κ3) is 5.05. The maximum atomic E-state index is 12.3. The molecule has 1 aromatic carbocycles. The van der Waals surface area contributed by atoms with Crippen molar-refractivity contribution in [3.05, 3.63) is 29.8 Å². The molecule has 6 heteroatoms. The molecule has 0 spiro atoms. The summed E-state index contributed by atoms with van der Waals surface area (Å²) in [4.78, 5) is 37.8. The minimum Gasteiger partial charge on any atom is -0.462 e. The van der Waals surface area contributed by atoms with E-state index in [9.17, 15) is 14.4 Å². The number of esters is 1. The number of amides is 2. The van der Waals surface area contributed by atoms with Crippen LogP contribution in [0.3, 0.4) is 0 Å². The van der Waals surface area contributed by atoms with Crippen molar-refractivity contribution in [3.63, 3.8) is 0 Å². The van der Waals surface area contributed by atoms with Crippen molar-refractivity contribution in [1.82, 2.24) is 4.90 Å². The Labute approximate surface area is 148 Å². The zero-order valence-corrected chi connectivity index (χ0v) is 15.1. The van der Waals surface area contributed by atoms with Crippen LogP contribution in [0.5, 0.6) is 0 Å². The van der Waals surface area contributed by atoms with Gasteiger partial charge in [0.2, 0.25) is 11.8 Å². The van der Waals surface area contributed by atoms with Crippen LogP contribution in [0.15, 0.2) is 24.3 Å². The number of unbranched alkanes of at least 4 members (excludes halogenated alkanes) is 1. The highest BCUT2D eigenvalue weighted by molar-refractivity contribution is 5.99. The van der Waals surface area contributed by atoms with Crippen LogP contribution in [-0.2, 0) is 14.3 Å². The summed E-state index contributed by atoms with van der Waals surface area (Å²) in [6, 6.07) is 6.55. The Hall–Kier alpha value is -2.37. The van der Waals surface area contributed by atoms with Crippen LogP contribution >= 0.6 is 0 Å². The van der Waals surface area contributed by atoms with E-state index >= 15 is 0 Å². The van der Waals surface area contributed by atoms with Gasteiger partial charge in [-0.25, -0.2) is 4.79 Å². The number of benzene rings is 1. The molecular formula is C19H26N2O4. The second kappa shape index (κ2) is 8.65. The van der Waals surface area contributed by atoms with Gasteiger partial charge in [0.1, 0.15) is 0 Å². The molecule has 1 aliphatic carbocycles. The predicted molar refractivity (Wildman–Crippen MR) is 95.2 cm³/mol. The molecular weight excluding hydrogens is 320 g/mol. The fourth-order valence-electron chi connectivity index (χ4n) is 2.69. The van der Waals surface area contributed by atoms with Crippen molar-refractivity contribution >= 4 is 23.5 Å². The van der Waals surface area contributed by atoms with Gasteiger partial charge in [0.25, 0.3) is 0 Å². The highest BCUT2D eigenvalue weighted by atomic mass is 16.5. The highest BCUT2D eigenvalue weighted by Gasteiger charge is 2.48. The van der Waals surface area contributed by atoms with Gasteiger partial charge in [-0.05, 0) is 44.0 Å². The maximum Gasteiger partial charge on any atom is 0.338 e. The zero-order chi connectivity index (χ0) is 18.4. The van der Waals surface area contributed by atoms with Crippen LogP contribution in [0.2, 0.25) is 0 Å². The lowest BCUT2D eigenvalue weighted by atomic mass is 10.2. The fourth-order valence-corrected chi connectivity index (χ4v) is 2.69. The van der Waals surface area contributed by atoms with Gasteiger partial charge in [-0.15, -0.1) is 0 Å². The van der Waals surface area contributed by atoms with Crippen LogP contribution in [-0.4, -0.2) is 42.9 Å². The Morgan fingerprint density at radius 3 is 2.44 bits per heavy atom. The van der Waals surface area contributed by atoms with E-state index in [2.05, 4.69) is 12.2 Å². The average molecular weight is 346 g/mol. The summed E-state index contributed by atoms with van der Waals surface area (Å²) in [5.74, 6) is -0.956. The van der Waals surface area contributed by atoms with Gasteiger partial charge in [0.15, 0.2) is 0 Å². The number of carbonyl (C=O) groups is 3.